The fourth-order valence-electron chi connectivity index (χ4n) is 3.31. The van der Waals surface area contributed by atoms with E-state index in [1.807, 2.05) is 76.3 Å². The molecule has 2 rings (SSSR count). The molecule has 5 nitrogen and oxygen atoms in total. The van der Waals surface area contributed by atoms with E-state index in [1.54, 1.807) is 14.2 Å². The lowest BCUT2D eigenvalue weighted by Crippen LogP contribution is -2.05. The molecule has 2 aromatic rings. The van der Waals surface area contributed by atoms with E-state index >= 15 is 0 Å². The van der Waals surface area contributed by atoms with Crippen molar-refractivity contribution in [2.24, 2.45) is 0 Å². The maximum Gasteiger partial charge on any atom is 0.204 e. The first-order chi connectivity index (χ1) is 17.7. The molecule has 0 saturated heterocycles. The average molecular weight is 507 g/mol. The standard InChI is InChI=1S/C32H42O5/c1-23(2)16-19-35-28-14-12-26(22-30(28)34-8)10-9-11-27-13-15-29(33-7)32(37-21-18-25(5)6)31(27)36-20-17-24(3)4/h9-10,12-18,22H,11,19-21H2,1-8H3/b10-9+. The second-order valence-electron chi connectivity index (χ2n) is 9.38. The zero-order chi connectivity index (χ0) is 27.2. The van der Waals surface area contributed by atoms with Crippen LogP contribution in [0.3, 0.4) is 0 Å². The van der Waals surface area contributed by atoms with E-state index in [2.05, 4.69) is 26.0 Å². The third-order valence-corrected chi connectivity index (χ3v) is 5.38. The minimum Gasteiger partial charge on any atom is -0.493 e. The highest BCUT2D eigenvalue weighted by atomic mass is 16.5. The molecule has 0 amide bonds. The Kier molecular flexibility index (Phi) is 12.4. The highest BCUT2D eigenvalue weighted by molar-refractivity contribution is 5.59. The summed E-state index contributed by atoms with van der Waals surface area (Å²) in [5, 5.41) is 0. The van der Waals surface area contributed by atoms with Crippen LogP contribution < -0.4 is 23.7 Å². The van der Waals surface area contributed by atoms with E-state index in [4.69, 9.17) is 23.7 Å². The highest BCUT2D eigenvalue weighted by Crippen LogP contribution is 2.41. The van der Waals surface area contributed by atoms with Gasteiger partial charge in [0.05, 0.1) is 14.2 Å². The third kappa shape index (κ3) is 10.1. The van der Waals surface area contributed by atoms with Gasteiger partial charge in [-0.1, -0.05) is 41.0 Å². The Bertz CT molecular complexity index is 1130. The molecule has 37 heavy (non-hydrogen) atoms. The van der Waals surface area contributed by atoms with E-state index in [9.17, 15) is 0 Å². The number of benzene rings is 2. The van der Waals surface area contributed by atoms with Crippen LogP contribution in [0.25, 0.3) is 6.08 Å². The summed E-state index contributed by atoms with van der Waals surface area (Å²) in [6, 6.07) is 9.88. The van der Waals surface area contributed by atoms with Crippen LogP contribution in [0.4, 0.5) is 0 Å². The van der Waals surface area contributed by atoms with Crippen LogP contribution in [0.15, 0.2) is 71.4 Å². The Morgan fingerprint density at radius 2 is 1.16 bits per heavy atom. The summed E-state index contributed by atoms with van der Waals surface area (Å²) in [6.45, 7) is 13.7. The van der Waals surface area contributed by atoms with Crippen molar-refractivity contribution in [3.8, 4) is 28.7 Å². The van der Waals surface area contributed by atoms with Crippen LogP contribution in [-0.2, 0) is 6.42 Å². The molecule has 0 atom stereocenters. The smallest absolute Gasteiger partial charge is 0.204 e. The van der Waals surface area contributed by atoms with Crippen LogP contribution in [0.1, 0.15) is 52.7 Å². The van der Waals surface area contributed by atoms with E-state index < -0.39 is 0 Å². The van der Waals surface area contributed by atoms with E-state index in [1.165, 1.54) is 16.7 Å². The normalized spacial score (nSPS) is 10.5. The summed E-state index contributed by atoms with van der Waals surface area (Å²) in [7, 11) is 3.30. The summed E-state index contributed by atoms with van der Waals surface area (Å²) in [6.07, 6.45) is 11.0. The predicted molar refractivity (Wildman–Crippen MR) is 154 cm³/mol. The van der Waals surface area contributed by atoms with Gasteiger partial charge in [-0.2, -0.15) is 0 Å². The van der Waals surface area contributed by atoms with Gasteiger partial charge in [0.15, 0.2) is 23.0 Å². The summed E-state index contributed by atoms with van der Waals surface area (Å²) >= 11 is 0. The van der Waals surface area contributed by atoms with E-state index in [0.29, 0.717) is 49.2 Å². The molecule has 0 spiro atoms. The molecule has 0 unspecified atom stereocenters. The van der Waals surface area contributed by atoms with Crippen LogP contribution in [0.2, 0.25) is 0 Å². The van der Waals surface area contributed by atoms with Crippen molar-refractivity contribution in [2.75, 3.05) is 34.0 Å². The van der Waals surface area contributed by atoms with Crippen LogP contribution >= 0.6 is 0 Å². The van der Waals surface area contributed by atoms with Gasteiger partial charge in [-0.3, -0.25) is 0 Å². The van der Waals surface area contributed by atoms with E-state index in [0.717, 1.165) is 16.9 Å². The second-order valence-corrected chi connectivity index (χ2v) is 9.38. The zero-order valence-corrected chi connectivity index (χ0v) is 23.6. The van der Waals surface area contributed by atoms with Crippen molar-refractivity contribution in [3.63, 3.8) is 0 Å². The van der Waals surface area contributed by atoms with Crippen molar-refractivity contribution in [1.29, 1.82) is 0 Å². The SMILES string of the molecule is COc1cc(/C=C/Cc2ccc(OC)c(OCC=C(C)C)c2OCC=C(C)C)ccc1OCC=C(C)C. The molecule has 0 saturated carbocycles. The van der Waals surface area contributed by atoms with Gasteiger partial charge in [0.2, 0.25) is 5.75 Å². The number of hydrogen-bond donors (Lipinski definition) is 0. The number of hydrogen-bond acceptors (Lipinski definition) is 5. The summed E-state index contributed by atoms with van der Waals surface area (Å²) in [5.41, 5.74) is 5.63. The Labute approximate surface area is 223 Å². The maximum atomic E-state index is 6.21. The molecule has 0 fully saturated rings. The first-order valence-electron chi connectivity index (χ1n) is 12.6. The molecular formula is C32H42O5. The van der Waals surface area contributed by atoms with Crippen molar-refractivity contribution >= 4 is 6.08 Å². The highest BCUT2D eigenvalue weighted by Gasteiger charge is 2.17. The molecular weight excluding hydrogens is 464 g/mol. The number of rotatable bonds is 14. The molecule has 0 aliphatic heterocycles. The minimum absolute atomic E-state index is 0.443. The molecule has 0 aromatic heterocycles. The molecule has 200 valence electrons. The van der Waals surface area contributed by atoms with Gasteiger partial charge < -0.3 is 23.7 Å². The quantitative estimate of drug-likeness (QED) is 0.243. The molecule has 0 radical (unpaired) electrons. The van der Waals surface area contributed by atoms with Gasteiger partial charge in [-0.05, 0) is 90.0 Å². The van der Waals surface area contributed by atoms with Crippen molar-refractivity contribution in [3.05, 3.63) is 82.5 Å². The summed E-state index contributed by atoms with van der Waals surface area (Å²) in [4.78, 5) is 0. The van der Waals surface area contributed by atoms with Gasteiger partial charge in [0, 0.05) is 5.56 Å². The minimum atomic E-state index is 0.443. The number of ether oxygens (including phenoxy) is 5. The molecule has 0 heterocycles. The lowest BCUT2D eigenvalue weighted by atomic mass is 10.1. The molecule has 0 bridgehead atoms. The molecule has 0 aliphatic carbocycles. The second kappa shape index (κ2) is 15.5. The lowest BCUT2D eigenvalue weighted by Gasteiger charge is -2.18. The van der Waals surface area contributed by atoms with E-state index in [-0.39, 0.29) is 0 Å². The topological polar surface area (TPSA) is 46.2 Å². The van der Waals surface area contributed by atoms with Gasteiger partial charge in [0.25, 0.3) is 0 Å². The largest absolute Gasteiger partial charge is 0.493 e. The predicted octanol–water partition coefficient (Wildman–Crippen LogP) is 7.99. The number of methoxy groups -OCH3 is 2. The molecule has 0 N–H and O–H groups in total. The monoisotopic (exact) mass is 506 g/mol. The molecule has 5 heteroatoms. The first-order valence-corrected chi connectivity index (χ1v) is 12.6. The van der Waals surface area contributed by atoms with Gasteiger partial charge in [-0.15, -0.1) is 0 Å². The Morgan fingerprint density at radius 3 is 1.73 bits per heavy atom. The molecule has 0 aliphatic rings. The molecule has 2 aromatic carbocycles. The van der Waals surface area contributed by atoms with Crippen molar-refractivity contribution < 1.29 is 23.7 Å². The van der Waals surface area contributed by atoms with Crippen molar-refractivity contribution in [2.45, 2.75) is 48.0 Å². The lowest BCUT2D eigenvalue weighted by molar-refractivity contribution is 0.286. The van der Waals surface area contributed by atoms with Crippen LogP contribution in [0.5, 0.6) is 28.7 Å². The number of allylic oxidation sites excluding steroid dienone is 4. The van der Waals surface area contributed by atoms with Gasteiger partial charge >= 0.3 is 0 Å². The Balaban J connectivity index is 2.29. The third-order valence-electron chi connectivity index (χ3n) is 5.38. The van der Waals surface area contributed by atoms with Crippen LogP contribution in [-0.4, -0.2) is 34.0 Å². The Hall–Kier alpha value is -3.60. The van der Waals surface area contributed by atoms with Crippen molar-refractivity contribution in [1.82, 2.24) is 0 Å². The fourth-order valence-corrected chi connectivity index (χ4v) is 3.31. The summed E-state index contributed by atoms with van der Waals surface area (Å²) < 4.78 is 29.3. The average Bonchev–Trinajstić information content (AvgIpc) is 2.85. The van der Waals surface area contributed by atoms with Crippen LogP contribution in [0, 0.1) is 0 Å². The zero-order valence-electron chi connectivity index (χ0n) is 23.6. The first kappa shape index (κ1) is 29.6. The van der Waals surface area contributed by atoms with Gasteiger partial charge in [-0.25, -0.2) is 0 Å². The summed E-state index contributed by atoms with van der Waals surface area (Å²) in [5.74, 6) is 3.39. The maximum absolute atomic E-state index is 6.21. The Morgan fingerprint density at radius 1 is 0.622 bits per heavy atom. The fraction of sp³-hybridized carbons (Fsp3) is 0.375. The van der Waals surface area contributed by atoms with Gasteiger partial charge in [0.1, 0.15) is 19.8 Å².